The Bertz CT molecular complexity index is 792. The van der Waals surface area contributed by atoms with Gasteiger partial charge in [0.25, 0.3) is 0 Å². The molecule has 112 valence electrons. The number of fused-ring (bicyclic) bond motifs is 2. The van der Waals surface area contributed by atoms with E-state index in [-0.39, 0.29) is 22.9 Å². The smallest absolute Gasteiger partial charge is 0.198 e. The van der Waals surface area contributed by atoms with Gasteiger partial charge in [-0.25, -0.2) is 0 Å². The van der Waals surface area contributed by atoms with E-state index in [1.165, 1.54) is 21.3 Å². The molecule has 5 heteroatoms. The quantitative estimate of drug-likeness (QED) is 0.743. The molecule has 0 N–H and O–H groups in total. The number of carbonyl (C=O) groups is 2. The maximum atomic E-state index is 12.8. The lowest BCUT2D eigenvalue weighted by atomic mass is 9.83. The maximum Gasteiger partial charge on any atom is 0.198 e. The van der Waals surface area contributed by atoms with Crippen LogP contribution in [0.4, 0.5) is 0 Å². The average molecular weight is 298 g/mol. The summed E-state index contributed by atoms with van der Waals surface area (Å²) >= 11 is 0. The van der Waals surface area contributed by atoms with Crippen molar-refractivity contribution in [3.8, 4) is 17.2 Å². The van der Waals surface area contributed by atoms with Gasteiger partial charge in [0, 0.05) is 16.7 Å². The Kier molecular flexibility index (Phi) is 3.33. The third kappa shape index (κ3) is 1.86. The van der Waals surface area contributed by atoms with Crippen molar-refractivity contribution >= 4 is 11.6 Å². The van der Waals surface area contributed by atoms with Gasteiger partial charge in [0.1, 0.15) is 5.75 Å². The molecule has 0 saturated heterocycles. The van der Waals surface area contributed by atoms with Crippen molar-refractivity contribution in [1.29, 1.82) is 0 Å². The van der Waals surface area contributed by atoms with Crippen LogP contribution in [0.1, 0.15) is 31.8 Å². The van der Waals surface area contributed by atoms with Crippen molar-refractivity contribution < 1.29 is 23.8 Å². The molecular weight excluding hydrogens is 284 g/mol. The first kappa shape index (κ1) is 14.1. The molecule has 22 heavy (non-hydrogen) atoms. The molecule has 0 spiro atoms. The first-order valence-corrected chi connectivity index (χ1v) is 6.64. The molecule has 2 aromatic rings. The highest BCUT2D eigenvalue weighted by molar-refractivity contribution is 6.29. The van der Waals surface area contributed by atoms with E-state index < -0.39 is 0 Å². The van der Waals surface area contributed by atoms with E-state index in [0.29, 0.717) is 28.2 Å². The number of rotatable bonds is 3. The maximum absolute atomic E-state index is 12.8. The molecule has 0 fully saturated rings. The standard InChI is InChI=1S/C17H14O5/c1-20-9-4-5-10-12(8-9)15(18)11-6-7-13(21-2)17(22-3)14(11)16(10)19/h4-8H,1-3H3. The van der Waals surface area contributed by atoms with Gasteiger partial charge in [0.15, 0.2) is 23.1 Å². The molecule has 3 rings (SSSR count). The molecule has 0 aliphatic heterocycles. The summed E-state index contributed by atoms with van der Waals surface area (Å²) in [5.74, 6) is 0.732. The topological polar surface area (TPSA) is 61.8 Å². The summed E-state index contributed by atoms with van der Waals surface area (Å²) in [4.78, 5) is 25.5. The van der Waals surface area contributed by atoms with Crippen LogP contribution in [-0.2, 0) is 0 Å². The monoisotopic (exact) mass is 298 g/mol. The third-order valence-electron chi connectivity index (χ3n) is 3.73. The Morgan fingerprint density at radius 2 is 1.45 bits per heavy atom. The van der Waals surface area contributed by atoms with E-state index in [9.17, 15) is 9.59 Å². The van der Waals surface area contributed by atoms with Crippen molar-refractivity contribution in [2.75, 3.05) is 21.3 Å². The summed E-state index contributed by atoms with van der Waals surface area (Å²) in [5.41, 5.74) is 1.22. The second-order valence-corrected chi connectivity index (χ2v) is 4.79. The molecule has 0 heterocycles. The molecule has 1 aliphatic carbocycles. The Labute approximate surface area is 127 Å². The van der Waals surface area contributed by atoms with Crippen LogP contribution in [0.5, 0.6) is 17.2 Å². The summed E-state index contributed by atoms with van der Waals surface area (Å²) < 4.78 is 15.6. The van der Waals surface area contributed by atoms with E-state index in [2.05, 4.69) is 0 Å². The number of hydrogen-bond donors (Lipinski definition) is 0. The van der Waals surface area contributed by atoms with Crippen molar-refractivity contribution in [3.05, 3.63) is 52.6 Å². The number of carbonyl (C=O) groups excluding carboxylic acids is 2. The summed E-state index contributed by atoms with van der Waals surface area (Å²) in [6.45, 7) is 0. The largest absolute Gasteiger partial charge is 0.497 e. The number of hydrogen-bond acceptors (Lipinski definition) is 5. The van der Waals surface area contributed by atoms with Crippen LogP contribution in [0.2, 0.25) is 0 Å². The second kappa shape index (κ2) is 5.18. The van der Waals surface area contributed by atoms with Crippen LogP contribution in [0.15, 0.2) is 30.3 Å². The van der Waals surface area contributed by atoms with Crippen molar-refractivity contribution in [3.63, 3.8) is 0 Å². The number of ether oxygens (including phenoxy) is 3. The van der Waals surface area contributed by atoms with E-state index in [1.54, 1.807) is 30.3 Å². The molecule has 0 amide bonds. The molecule has 0 bridgehead atoms. The lowest BCUT2D eigenvalue weighted by molar-refractivity contribution is 0.0975. The minimum absolute atomic E-state index is 0.232. The first-order chi connectivity index (χ1) is 10.6. The lowest BCUT2D eigenvalue weighted by Crippen LogP contribution is -2.22. The van der Waals surface area contributed by atoms with Crippen LogP contribution >= 0.6 is 0 Å². The van der Waals surface area contributed by atoms with Gasteiger partial charge in [-0.05, 0) is 30.3 Å². The Morgan fingerprint density at radius 3 is 2.09 bits per heavy atom. The van der Waals surface area contributed by atoms with Gasteiger partial charge < -0.3 is 14.2 Å². The van der Waals surface area contributed by atoms with Gasteiger partial charge in [-0.3, -0.25) is 9.59 Å². The van der Waals surface area contributed by atoms with Crippen molar-refractivity contribution in [1.82, 2.24) is 0 Å². The zero-order valence-corrected chi connectivity index (χ0v) is 12.4. The molecule has 0 aromatic heterocycles. The summed E-state index contributed by atoms with van der Waals surface area (Å²) in [6, 6.07) is 8.03. The predicted octanol–water partition coefficient (Wildman–Crippen LogP) is 2.49. The van der Waals surface area contributed by atoms with Crippen molar-refractivity contribution in [2.45, 2.75) is 0 Å². The molecule has 2 aromatic carbocycles. The predicted molar refractivity (Wildman–Crippen MR) is 79.4 cm³/mol. The van der Waals surface area contributed by atoms with Crippen molar-refractivity contribution in [2.24, 2.45) is 0 Å². The van der Waals surface area contributed by atoms with Crippen LogP contribution in [-0.4, -0.2) is 32.9 Å². The minimum Gasteiger partial charge on any atom is -0.497 e. The Balaban J connectivity index is 2.28. The average Bonchev–Trinajstić information content (AvgIpc) is 2.57. The van der Waals surface area contributed by atoms with Gasteiger partial charge >= 0.3 is 0 Å². The summed E-state index contributed by atoms with van der Waals surface area (Å²) in [5, 5.41) is 0. The van der Waals surface area contributed by atoms with E-state index in [0.717, 1.165) is 0 Å². The van der Waals surface area contributed by atoms with Gasteiger partial charge in [-0.15, -0.1) is 0 Å². The first-order valence-electron chi connectivity index (χ1n) is 6.64. The van der Waals surface area contributed by atoms with E-state index in [1.807, 2.05) is 0 Å². The minimum atomic E-state index is -0.261. The molecule has 5 nitrogen and oxygen atoms in total. The molecule has 0 saturated carbocycles. The van der Waals surface area contributed by atoms with Gasteiger partial charge in [-0.1, -0.05) is 0 Å². The van der Waals surface area contributed by atoms with Crippen LogP contribution in [0.3, 0.4) is 0 Å². The number of ketones is 2. The van der Waals surface area contributed by atoms with E-state index in [4.69, 9.17) is 14.2 Å². The SMILES string of the molecule is COc1ccc2c(c1)C(=O)c1ccc(OC)c(OC)c1C2=O. The van der Waals surface area contributed by atoms with Gasteiger partial charge in [0.05, 0.1) is 26.9 Å². The van der Waals surface area contributed by atoms with Crippen LogP contribution < -0.4 is 14.2 Å². The molecular formula is C17H14O5. The zero-order chi connectivity index (χ0) is 15.9. The Hall–Kier alpha value is -2.82. The van der Waals surface area contributed by atoms with Gasteiger partial charge in [0.2, 0.25) is 0 Å². The molecule has 1 aliphatic rings. The normalized spacial score (nSPS) is 12.5. The summed E-state index contributed by atoms with van der Waals surface area (Å²) in [7, 11) is 4.44. The Morgan fingerprint density at radius 1 is 0.727 bits per heavy atom. The fourth-order valence-corrected chi connectivity index (χ4v) is 2.66. The van der Waals surface area contributed by atoms with Crippen LogP contribution in [0, 0.1) is 0 Å². The third-order valence-corrected chi connectivity index (χ3v) is 3.73. The number of benzene rings is 2. The molecule has 0 unspecified atom stereocenters. The zero-order valence-electron chi connectivity index (χ0n) is 12.4. The van der Waals surface area contributed by atoms with Gasteiger partial charge in [-0.2, -0.15) is 0 Å². The lowest BCUT2D eigenvalue weighted by Gasteiger charge is -2.21. The molecule has 0 atom stereocenters. The fourth-order valence-electron chi connectivity index (χ4n) is 2.66. The highest BCUT2D eigenvalue weighted by Gasteiger charge is 2.34. The second-order valence-electron chi connectivity index (χ2n) is 4.79. The van der Waals surface area contributed by atoms with Crippen LogP contribution in [0.25, 0.3) is 0 Å². The highest BCUT2D eigenvalue weighted by atomic mass is 16.5. The highest BCUT2D eigenvalue weighted by Crippen LogP contribution is 2.39. The molecule has 0 radical (unpaired) electrons. The van der Waals surface area contributed by atoms with E-state index >= 15 is 0 Å². The fraction of sp³-hybridized carbons (Fsp3) is 0.176. The summed E-state index contributed by atoms with van der Waals surface area (Å²) in [6.07, 6.45) is 0. The number of methoxy groups -OCH3 is 3.